The number of rotatable bonds is 6. The molecule has 3 aromatic carbocycles. The first-order valence-electron chi connectivity index (χ1n) is 11.3. The summed E-state index contributed by atoms with van der Waals surface area (Å²) in [7, 11) is 1.63. The molecule has 0 bridgehead atoms. The molecule has 1 aliphatic rings. The van der Waals surface area contributed by atoms with Gasteiger partial charge in [-0.3, -0.25) is 4.79 Å². The van der Waals surface area contributed by atoms with Crippen LogP contribution in [0, 0.1) is 5.82 Å². The molecule has 1 aliphatic carbocycles. The molecular formula is C29H22FNO4. The van der Waals surface area contributed by atoms with Crippen LogP contribution in [-0.2, 0) is 11.2 Å². The van der Waals surface area contributed by atoms with Gasteiger partial charge in [0.15, 0.2) is 12.4 Å². The summed E-state index contributed by atoms with van der Waals surface area (Å²) in [6.45, 7) is -0.426. The van der Waals surface area contributed by atoms with Crippen molar-refractivity contribution >= 4 is 34.3 Å². The zero-order chi connectivity index (χ0) is 24.4. The van der Waals surface area contributed by atoms with Crippen LogP contribution < -0.4 is 4.74 Å². The molecule has 0 radical (unpaired) electrons. The molecule has 174 valence electrons. The lowest BCUT2D eigenvalue weighted by Crippen LogP contribution is -2.16. The quantitative estimate of drug-likeness (QED) is 0.261. The fourth-order valence-corrected chi connectivity index (χ4v) is 4.34. The van der Waals surface area contributed by atoms with E-state index in [0.717, 1.165) is 34.6 Å². The second-order valence-corrected chi connectivity index (χ2v) is 8.28. The van der Waals surface area contributed by atoms with Crippen LogP contribution in [0.15, 0.2) is 72.8 Å². The molecule has 5 rings (SSSR count). The lowest BCUT2D eigenvalue weighted by molar-refractivity contribution is 0.0475. The van der Waals surface area contributed by atoms with Crippen LogP contribution >= 0.6 is 0 Å². The number of benzene rings is 3. The minimum absolute atomic E-state index is 0.286. The van der Waals surface area contributed by atoms with Gasteiger partial charge in [0.25, 0.3) is 0 Å². The molecule has 0 atom stereocenters. The van der Waals surface area contributed by atoms with Crippen molar-refractivity contribution in [1.29, 1.82) is 0 Å². The summed E-state index contributed by atoms with van der Waals surface area (Å²) in [6.07, 6.45) is 3.45. The van der Waals surface area contributed by atoms with E-state index in [2.05, 4.69) is 6.08 Å². The van der Waals surface area contributed by atoms with E-state index in [1.54, 1.807) is 7.11 Å². The summed E-state index contributed by atoms with van der Waals surface area (Å²) < 4.78 is 23.8. The Morgan fingerprint density at radius 3 is 2.46 bits per heavy atom. The first-order chi connectivity index (χ1) is 17.0. The SMILES string of the molecule is COc1ccc(C=C2CCc3c2nc2ccccc2c3C(=O)OCC(=O)c2ccc(F)cc2)cc1. The van der Waals surface area contributed by atoms with Crippen molar-refractivity contribution in [2.45, 2.75) is 12.8 Å². The standard InChI is InChI=1S/C29H22FNO4/c1-34-22-13-6-18(7-14-22)16-20-10-15-24-27(23-4-2-3-5-25(23)31-28(20)24)29(33)35-17-26(32)19-8-11-21(30)12-9-19/h2-9,11-14,16H,10,15,17H2,1H3. The highest BCUT2D eigenvalue weighted by Crippen LogP contribution is 2.38. The first-order valence-corrected chi connectivity index (χ1v) is 11.3. The molecule has 1 aromatic heterocycles. The van der Waals surface area contributed by atoms with Gasteiger partial charge in [-0.05, 0) is 78.1 Å². The number of Topliss-reactive ketones (excluding diaryl/α,β-unsaturated/α-hetero) is 1. The third-order valence-electron chi connectivity index (χ3n) is 6.10. The Kier molecular flexibility index (Phi) is 6.10. The van der Waals surface area contributed by atoms with E-state index in [4.69, 9.17) is 14.5 Å². The molecule has 4 aromatic rings. The number of carbonyl (C=O) groups excluding carboxylic acids is 2. The Labute approximate surface area is 201 Å². The number of ketones is 1. The normalized spacial score (nSPS) is 13.6. The number of pyridine rings is 1. The molecule has 5 nitrogen and oxygen atoms in total. The number of ether oxygens (including phenoxy) is 2. The maximum Gasteiger partial charge on any atom is 0.339 e. The number of halogens is 1. The minimum atomic E-state index is -0.569. The molecule has 0 unspecified atom stereocenters. The van der Waals surface area contributed by atoms with Gasteiger partial charge in [0.1, 0.15) is 11.6 Å². The summed E-state index contributed by atoms with van der Waals surface area (Å²) in [5.41, 5.74) is 5.05. The van der Waals surface area contributed by atoms with Gasteiger partial charge in [-0.2, -0.15) is 0 Å². The summed E-state index contributed by atoms with van der Waals surface area (Å²) in [5.74, 6) is -0.617. The van der Waals surface area contributed by atoms with Crippen molar-refractivity contribution in [3.05, 3.63) is 107 Å². The van der Waals surface area contributed by atoms with Crippen LogP contribution in [0.3, 0.4) is 0 Å². The highest BCUT2D eigenvalue weighted by atomic mass is 19.1. The lowest BCUT2D eigenvalue weighted by Gasteiger charge is -2.12. The second kappa shape index (κ2) is 9.50. The molecule has 0 N–H and O–H groups in total. The number of esters is 1. The summed E-state index contributed by atoms with van der Waals surface area (Å²) in [5, 5.41) is 0.691. The number of hydrogen-bond donors (Lipinski definition) is 0. The highest BCUT2D eigenvalue weighted by Gasteiger charge is 2.28. The molecule has 0 saturated heterocycles. The van der Waals surface area contributed by atoms with Crippen molar-refractivity contribution in [3.63, 3.8) is 0 Å². The number of nitrogens with zero attached hydrogens (tertiary/aromatic N) is 1. The fraction of sp³-hybridized carbons (Fsp3) is 0.138. The van der Waals surface area contributed by atoms with Crippen molar-refractivity contribution in [2.75, 3.05) is 13.7 Å². The first kappa shape index (κ1) is 22.5. The van der Waals surface area contributed by atoms with E-state index in [0.29, 0.717) is 22.9 Å². The predicted octanol–water partition coefficient (Wildman–Crippen LogP) is 5.91. The topological polar surface area (TPSA) is 65.5 Å². The van der Waals surface area contributed by atoms with Crippen LogP contribution in [0.1, 0.15) is 44.0 Å². The van der Waals surface area contributed by atoms with Gasteiger partial charge >= 0.3 is 5.97 Å². The molecule has 0 amide bonds. The van der Waals surface area contributed by atoms with Gasteiger partial charge in [-0.15, -0.1) is 0 Å². The van der Waals surface area contributed by atoms with E-state index >= 15 is 0 Å². The lowest BCUT2D eigenvalue weighted by atomic mass is 10.0. The largest absolute Gasteiger partial charge is 0.497 e. The number of para-hydroxylation sites is 1. The molecule has 0 saturated carbocycles. The zero-order valence-electron chi connectivity index (χ0n) is 19.1. The van der Waals surface area contributed by atoms with Crippen molar-refractivity contribution in [1.82, 2.24) is 4.98 Å². The molecule has 0 spiro atoms. The van der Waals surface area contributed by atoms with E-state index in [1.165, 1.54) is 24.3 Å². The number of hydrogen-bond acceptors (Lipinski definition) is 5. The molecular weight excluding hydrogens is 445 g/mol. The summed E-state index contributed by atoms with van der Waals surface area (Å²) in [4.78, 5) is 30.6. The molecule has 0 fully saturated rings. The number of allylic oxidation sites excluding steroid dienone is 1. The third kappa shape index (κ3) is 4.55. The van der Waals surface area contributed by atoms with E-state index in [1.807, 2.05) is 48.5 Å². The van der Waals surface area contributed by atoms with Gasteiger partial charge < -0.3 is 9.47 Å². The molecule has 1 heterocycles. The Bertz CT molecular complexity index is 1460. The average molecular weight is 467 g/mol. The number of fused-ring (bicyclic) bond motifs is 2. The van der Waals surface area contributed by atoms with Gasteiger partial charge in [0, 0.05) is 10.9 Å². The van der Waals surface area contributed by atoms with Gasteiger partial charge in [-0.25, -0.2) is 14.2 Å². The van der Waals surface area contributed by atoms with E-state index in [9.17, 15) is 14.0 Å². The monoisotopic (exact) mass is 467 g/mol. The van der Waals surface area contributed by atoms with E-state index < -0.39 is 24.2 Å². The Balaban J connectivity index is 1.47. The Morgan fingerprint density at radius 1 is 0.971 bits per heavy atom. The number of carbonyl (C=O) groups is 2. The maximum atomic E-state index is 13.2. The van der Waals surface area contributed by atoms with Gasteiger partial charge in [0.05, 0.1) is 23.9 Å². The van der Waals surface area contributed by atoms with Crippen molar-refractivity contribution in [3.8, 4) is 5.75 Å². The maximum absolute atomic E-state index is 13.2. The fourth-order valence-electron chi connectivity index (χ4n) is 4.34. The molecule has 0 aliphatic heterocycles. The zero-order valence-corrected chi connectivity index (χ0v) is 19.1. The van der Waals surface area contributed by atoms with Gasteiger partial charge in [0.2, 0.25) is 0 Å². The average Bonchev–Trinajstić information content (AvgIpc) is 3.28. The van der Waals surface area contributed by atoms with Gasteiger partial charge in [-0.1, -0.05) is 30.3 Å². The number of methoxy groups -OCH3 is 1. The van der Waals surface area contributed by atoms with Crippen molar-refractivity contribution < 1.29 is 23.5 Å². The van der Waals surface area contributed by atoms with Crippen molar-refractivity contribution in [2.24, 2.45) is 0 Å². The smallest absolute Gasteiger partial charge is 0.339 e. The molecule has 6 heteroatoms. The number of aromatic nitrogens is 1. The third-order valence-corrected chi connectivity index (χ3v) is 6.10. The van der Waals surface area contributed by atoms with Crippen LogP contribution in [0.5, 0.6) is 5.75 Å². The van der Waals surface area contributed by atoms with Crippen LogP contribution in [0.2, 0.25) is 0 Å². The summed E-state index contributed by atoms with van der Waals surface area (Å²) >= 11 is 0. The van der Waals surface area contributed by atoms with Crippen LogP contribution in [-0.4, -0.2) is 30.5 Å². The highest BCUT2D eigenvalue weighted by molar-refractivity contribution is 6.08. The van der Waals surface area contributed by atoms with Crippen LogP contribution in [0.25, 0.3) is 22.6 Å². The predicted molar refractivity (Wildman–Crippen MR) is 132 cm³/mol. The minimum Gasteiger partial charge on any atom is -0.497 e. The second-order valence-electron chi connectivity index (χ2n) is 8.28. The molecule has 35 heavy (non-hydrogen) atoms. The van der Waals surface area contributed by atoms with Crippen LogP contribution in [0.4, 0.5) is 4.39 Å². The van der Waals surface area contributed by atoms with E-state index in [-0.39, 0.29) is 5.56 Å². The summed E-state index contributed by atoms with van der Waals surface area (Å²) in [6, 6.07) is 20.3. The Hall–Kier alpha value is -4.32. The Morgan fingerprint density at radius 2 is 1.71 bits per heavy atom.